The van der Waals surface area contributed by atoms with E-state index in [0.29, 0.717) is 5.92 Å². The summed E-state index contributed by atoms with van der Waals surface area (Å²) in [7, 11) is 3.38. The predicted octanol–water partition coefficient (Wildman–Crippen LogP) is 1.78. The zero-order valence-corrected chi connectivity index (χ0v) is 13.1. The van der Waals surface area contributed by atoms with Crippen LogP contribution in [0.5, 0.6) is 11.5 Å². The Kier molecular flexibility index (Phi) is 4.58. The standard InChI is InChI=1S/C16H22N4O2/c1-21-15-7-14(8-16(9-15)22-2)13-3-4-19(10-13)5-6-20-12-17-11-18-20/h7-9,11-13H,3-6,10H2,1-2H3. The molecule has 0 amide bonds. The average molecular weight is 302 g/mol. The average Bonchev–Trinajstić information content (AvgIpc) is 3.23. The number of hydrogen-bond donors (Lipinski definition) is 0. The van der Waals surface area contributed by atoms with Crippen molar-refractivity contribution in [1.29, 1.82) is 0 Å². The Morgan fingerprint density at radius 2 is 1.91 bits per heavy atom. The highest BCUT2D eigenvalue weighted by Gasteiger charge is 2.24. The van der Waals surface area contributed by atoms with Gasteiger partial charge in [-0.2, -0.15) is 5.10 Å². The van der Waals surface area contributed by atoms with Gasteiger partial charge in [-0.15, -0.1) is 0 Å². The van der Waals surface area contributed by atoms with Crippen molar-refractivity contribution in [2.75, 3.05) is 33.9 Å². The van der Waals surface area contributed by atoms with Gasteiger partial charge in [0, 0.05) is 19.2 Å². The quantitative estimate of drug-likeness (QED) is 0.814. The highest BCUT2D eigenvalue weighted by Crippen LogP contribution is 2.32. The Hall–Kier alpha value is -2.08. The molecular formula is C16H22N4O2. The molecule has 0 saturated carbocycles. The molecule has 1 aliphatic rings. The van der Waals surface area contributed by atoms with E-state index >= 15 is 0 Å². The van der Waals surface area contributed by atoms with Gasteiger partial charge in [0.15, 0.2) is 0 Å². The number of rotatable bonds is 6. The fourth-order valence-electron chi connectivity index (χ4n) is 2.97. The summed E-state index contributed by atoms with van der Waals surface area (Å²) >= 11 is 0. The molecule has 22 heavy (non-hydrogen) atoms. The third-order valence-corrected chi connectivity index (χ3v) is 4.23. The van der Waals surface area contributed by atoms with Gasteiger partial charge < -0.3 is 14.4 Å². The Bertz CT molecular complexity index is 578. The summed E-state index contributed by atoms with van der Waals surface area (Å²) in [5, 5.41) is 4.15. The van der Waals surface area contributed by atoms with Crippen LogP contribution in [0.1, 0.15) is 17.9 Å². The van der Waals surface area contributed by atoms with Gasteiger partial charge >= 0.3 is 0 Å². The lowest BCUT2D eigenvalue weighted by atomic mass is 9.98. The van der Waals surface area contributed by atoms with E-state index in [1.165, 1.54) is 5.56 Å². The molecule has 2 heterocycles. The van der Waals surface area contributed by atoms with E-state index in [9.17, 15) is 0 Å². The molecule has 6 nitrogen and oxygen atoms in total. The van der Waals surface area contributed by atoms with Crippen molar-refractivity contribution in [1.82, 2.24) is 19.7 Å². The molecule has 1 saturated heterocycles. The number of ether oxygens (including phenoxy) is 2. The van der Waals surface area contributed by atoms with Crippen LogP contribution in [0.15, 0.2) is 30.9 Å². The highest BCUT2D eigenvalue weighted by molar-refractivity contribution is 5.40. The van der Waals surface area contributed by atoms with Gasteiger partial charge in [-0.25, -0.2) is 4.98 Å². The molecular weight excluding hydrogens is 280 g/mol. The van der Waals surface area contributed by atoms with Crippen LogP contribution >= 0.6 is 0 Å². The summed E-state index contributed by atoms with van der Waals surface area (Å²) in [5.74, 6) is 2.24. The van der Waals surface area contributed by atoms with Crippen LogP contribution in [0, 0.1) is 0 Å². The van der Waals surface area contributed by atoms with Gasteiger partial charge in [-0.05, 0) is 36.6 Å². The Morgan fingerprint density at radius 1 is 1.14 bits per heavy atom. The summed E-state index contributed by atoms with van der Waals surface area (Å²) in [6, 6.07) is 6.16. The highest BCUT2D eigenvalue weighted by atomic mass is 16.5. The SMILES string of the molecule is COc1cc(OC)cc(C2CCN(CCn3cncn3)C2)c1. The molecule has 1 fully saturated rings. The normalized spacial score (nSPS) is 18.5. The van der Waals surface area contributed by atoms with Crippen molar-refractivity contribution in [2.45, 2.75) is 18.9 Å². The van der Waals surface area contributed by atoms with Gasteiger partial charge in [0.25, 0.3) is 0 Å². The van der Waals surface area contributed by atoms with Crippen LogP contribution in [-0.4, -0.2) is 53.5 Å². The maximum Gasteiger partial charge on any atom is 0.137 e. The molecule has 0 bridgehead atoms. The fraction of sp³-hybridized carbons (Fsp3) is 0.500. The van der Waals surface area contributed by atoms with E-state index in [1.807, 2.05) is 10.7 Å². The molecule has 6 heteroatoms. The first-order chi connectivity index (χ1) is 10.8. The van der Waals surface area contributed by atoms with Crippen molar-refractivity contribution in [3.05, 3.63) is 36.4 Å². The van der Waals surface area contributed by atoms with Crippen LogP contribution in [0.4, 0.5) is 0 Å². The summed E-state index contributed by atoms with van der Waals surface area (Å²) < 4.78 is 12.6. The van der Waals surface area contributed by atoms with Crippen LogP contribution in [0.25, 0.3) is 0 Å². The van der Waals surface area contributed by atoms with E-state index in [-0.39, 0.29) is 0 Å². The minimum absolute atomic E-state index is 0.528. The van der Waals surface area contributed by atoms with E-state index in [1.54, 1.807) is 26.9 Å². The molecule has 0 radical (unpaired) electrons. The van der Waals surface area contributed by atoms with E-state index in [0.717, 1.165) is 44.1 Å². The lowest BCUT2D eigenvalue weighted by Crippen LogP contribution is -2.25. The smallest absolute Gasteiger partial charge is 0.137 e. The summed E-state index contributed by atoms with van der Waals surface area (Å²) in [6.45, 7) is 4.05. The van der Waals surface area contributed by atoms with Crippen molar-refractivity contribution < 1.29 is 9.47 Å². The summed E-state index contributed by atoms with van der Waals surface area (Å²) in [5.41, 5.74) is 1.29. The van der Waals surface area contributed by atoms with Crippen molar-refractivity contribution >= 4 is 0 Å². The van der Waals surface area contributed by atoms with Crippen molar-refractivity contribution in [3.8, 4) is 11.5 Å². The first-order valence-corrected chi connectivity index (χ1v) is 7.56. The number of hydrogen-bond acceptors (Lipinski definition) is 5. The molecule has 0 aliphatic carbocycles. The van der Waals surface area contributed by atoms with Crippen molar-refractivity contribution in [3.63, 3.8) is 0 Å². The molecule has 118 valence electrons. The van der Waals surface area contributed by atoms with Gasteiger partial charge in [0.05, 0.1) is 20.8 Å². The molecule has 1 aromatic carbocycles. The first kappa shape index (κ1) is 14.8. The van der Waals surface area contributed by atoms with Crippen LogP contribution < -0.4 is 9.47 Å². The third-order valence-electron chi connectivity index (χ3n) is 4.23. The van der Waals surface area contributed by atoms with E-state index < -0.39 is 0 Å². The topological polar surface area (TPSA) is 52.4 Å². The number of likely N-dealkylation sites (tertiary alicyclic amines) is 1. The fourth-order valence-corrected chi connectivity index (χ4v) is 2.97. The number of aromatic nitrogens is 3. The zero-order valence-electron chi connectivity index (χ0n) is 13.1. The monoisotopic (exact) mass is 302 g/mol. The van der Waals surface area contributed by atoms with Gasteiger partial charge in [-0.3, -0.25) is 4.68 Å². The third kappa shape index (κ3) is 3.39. The summed E-state index contributed by atoms with van der Waals surface area (Å²) in [4.78, 5) is 6.44. The molecule has 1 aliphatic heterocycles. The second-order valence-electron chi connectivity index (χ2n) is 5.59. The molecule has 0 N–H and O–H groups in total. The summed E-state index contributed by atoms with van der Waals surface area (Å²) in [6.07, 6.45) is 4.50. The van der Waals surface area contributed by atoms with Gasteiger partial charge in [0.2, 0.25) is 0 Å². The molecule has 1 atom stereocenters. The minimum Gasteiger partial charge on any atom is -0.497 e. The second-order valence-corrected chi connectivity index (χ2v) is 5.59. The number of methoxy groups -OCH3 is 2. The molecule has 2 aromatic rings. The predicted molar refractivity (Wildman–Crippen MR) is 83.4 cm³/mol. The lowest BCUT2D eigenvalue weighted by molar-refractivity contribution is 0.311. The lowest BCUT2D eigenvalue weighted by Gasteiger charge is -2.17. The first-order valence-electron chi connectivity index (χ1n) is 7.56. The second kappa shape index (κ2) is 6.79. The molecule has 0 spiro atoms. The van der Waals surface area contributed by atoms with Gasteiger partial charge in [0.1, 0.15) is 24.2 Å². The van der Waals surface area contributed by atoms with Gasteiger partial charge in [-0.1, -0.05) is 0 Å². The van der Waals surface area contributed by atoms with Crippen molar-refractivity contribution in [2.24, 2.45) is 0 Å². The molecule has 1 unspecified atom stereocenters. The number of benzene rings is 1. The van der Waals surface area contributed by atoms with Crippen LogP contribution in [-0.2, 0) is 6.54 Å². The van der Waals surface area contributed by atoms with Crippen LogP contribution in [0.2, 0.25) is 0 Å². The van der Waals surface area contributed by atoms with E-state index in [4.69, 9.17) is 9.47 Å². The molecule has 1 aromatic heterocycles. The Labute approximate surface area is 130 Å². The minimum atomic E-state index is 0.528. The zero-order chi connectivity index (χ0) is 15.4. The maximum atomic E-state index is 5.37. The van der Waals surface area contributed by atoms with E-state index in [2.05, 4.69) is 27.1 Å². The molecule has 3 rings (SSSR count). The largest absolute Gasteiger partial charge is 0.497 e. The Morgan fingerprint density at radius 3 is 2.55 bits per heavy atom. The maximum absolute atomic E-state index is 5.37. The Balaban J connectivity index is 1.62. The van der Waals surface area contributed by atoms with Crippen LogP contribution in [0.3, 0.4) is 0 Å². The number of nitrogens with zero attached hydrogens (tertiary/aromatic N) is 4.